The van der Waals surface area contributed by atoms with E-state index in [0.29, 0.717) is 10.8 Å². The van der Waals surface area contributed by atoms with Crippen molar-refractivity contribution in [1.29, 1.82) is 0 Å². The number of carbonyl (C=O) groups excluding carboxylic acids is 1. The first kappa shape index (κ1) is 15.8. The van der Waals surface area contributed by atoms with Crippen molar-refractivity contribution in [2.75, 3.05) is 11.1 Å². The maximum absolute atomic E-state index is 12.0. The Labute approximate surface area is 149 Å². The Morgan fingerprint density at radius 3 is 2.92 bits per heavy atom. The summed E-state index contributed by atoms with van der Waals surface area (Å²) in [5, 5.41) is 3.36. The van der Waals surface area contributed by atoms with E-state index in [0.717, 1.165) is 46.3 Å². The van der Waals surface area contributed by atoms with Crippen LogP contribution >= 0.6 is 11.3 Å². The fourth-order valence-corrected chi connectivity index (χ4v) is 3.49. The number of pyridine rings is 1. The highest BCUT2D eigenvalue weighted by molar-refractivity contribution is 7.22. The van der Waals surface area contributed by atoms with E-state index in [-0.39, 0.29) is 6.10 Å². The highest BCUT2D eigenvalue weighted by atomic mass is 32.1. The van der Waals surface area contributed by atoms with Crippen molar-refractivity contribution in [3.05, 3.63) is 36.2 Å². The van der Waals surface area contributed by atoms with Gasteiger partial charge in [0.2, 0.25) is 0 Å². The van der Waals surface area contributed by atoms with Gasteiger partial charge in [-0.3, -0.25) is 10.3 Å². The molecular weight excluding hydrogens is 336 g/mol. The number of aryl methyl sites for hydroxylation is 1. The molecule has 0 atom stereocenters. The summed E-state index contributed by atoms with van der Waals surface area (Å²) in [6.07, 6.45) is 4.45. The van der Waals surface area contributed by atoms with Gasteiger partial charge in [0.25, 0.3) is 0 Å². The zero-order valence-corrected chi connectivity index (χ0v) is 14.6. The lowest BCUT2D eigenvalue weighted by atomic mass is 9.96. The van der Waals surface area contributed by atoms with Crippen molar-refractivity contribution in [2.45, 2.75) is 32.3 Å². The Morgan fingerprint density at radius 2 is 2.16 bits per heavy atom. The first-order chi connectivity index (χ1) is 12.1. The van der Waals surface area contributed by atoms with Crippen LogP contribution in [-0.4, -0.2) is 22.2 Å². The normalized spacial score (nSPS) is 14.3. The van der Waals surface area contributed by atoms with Crippen molar-refractivity contribution in [3.8, 4) is 11.1 Å². The highest BCUT2D eigenvalue weighted by Crippen LogP contribution is 2.30. The lowest BCUT2D eigenvalue weighted by Crippen LogP contribution is -2.28. The number of hydrogen-bond donors (Lipinski definition) is 2. The number of hydrogen-bond acceptors (Lipinski definition) is 6. The van der Waals surface area contributed by atoms with Crippen LogP contribution in [0.15, 0.2) is 30.5 Å². The molecule has 2 aromatic heterocycles. The number of nitrogens with two attached hydrogens (primary N) is 1. The van der Waals surface area contributed by atoms with Crippen molar-refractivity contribution in [1.82, 2.24) is 9.97 Å². The smallest absolute Gasteiger partial charge is 0.411 e. The number of rotatable bonds is 3. The number of aromatic nitrogens is 2. The fraction of sp³-hybridized carbons (Fsp3) is 0.278. The van der Waals surface area contributed by atoms with Crippen LogP contribution in [0.2, 0.25) is 0 Å². The first-order valence-electron chi connectivity index (χ1n) is 8.19. The number of amides is 1. The Hall–Kier alpha value is -2.67. The minimum absolute atomic E-state index is 0.0515. The van der Waals surface area contributed by atoms with E-state index < -0.39 is 6.09 Å². The summed E-state index contributed by atoms with van der Waals surface area (Å²) in [5.74, 6) is 0. The van der Waals surface area contributed by atoms with Crippen molar-refractivity contribution in [3.63, 3.8) is 0 Å². The monoisotopic (exact) mass is 354 g/mol. The summed E-state index contributed by atoms with van der Waals surface area (Å²) in [6.45, 7) is 1.86. The van der Waals surface area contributed by atoms with Crippen LogP contribution in [0.5, 0.6) is 0 Å². The first-order valence-corrected chi connectivity index (χ1v) is 9.01. The average molecular weight is 354 g/mol. The number of nitrogens with zero attached hydrogens (tertiary/aromatic N) is 2. The van der Waals surface area contributed by atoms with Gasteiger partial charge in [-0.1, -0.05) is 17.4 Å². The third-order valence-corrected chi connectivity index (χ3v) is 5.24. The second kappa shape index (κ2) is 6.33. The molecule has 1 aromatic carbocycles. The maximum atomic E-state index is 12.0. The van der Waals surface area contributed by atoms with Gasteiger partial charge in [-0.25, -0.2) is 9.78 Å². The molecule has 1 amide bonds. The SMILES string of the molecule is Cc1ncc(-c2ccc3nc(N)sc3c2)cc1NC(=O)OC1CCC1. The molecule has 3 N–H and O–H groups in total. The summed E-state index contributed by atoms with van der Waals surface area (Å²) in [4.78, 5) is 20.7. The number of carbonyl (C=O) groups is 1. The molecule has 6 nitrogen and oxygen atoms in total. The number of nitrogens with one attached hydrogen (secondary N) is 1. The predicted molar refractivity (Wildman–Crippen MR) is 99.7 cm³/mol. The Kier molecular flexibility index (Phi) is 4.01. The van der Waals surface area contributed by atoms with Crippen LogP contribution in [0.1, 0.15) is 25.0 Å². The van der Waals surface area contributed by atoms with Gasteiger partial charge in [0.15, 0.2) is 5.13 Å². The van der Waals surface area contributed by atoms with Crippen LogP contribution in [-0.2, 0) is 4.74 Å². The molecule has 0 saturated heterocycles. The van der Waals surface area contributed by atoms with Crippen LogP contribution in [0, 0.1) is 6.92 Å². The quantitative estimate of drug-likeness (QED) is 0.730. The predicted octanol–water partition coefficient (Wildman–Crippen LogP) is 4.35. The molecule has 1 aliphatic rings. The minimum atomic E-state index is -0.419. The van der Waals surface area contributed by atoms with Crippen molar-refractivity contribution < 1.29 is 9.53 Å². The van der Waals surface area contributed by atoms with E-state index in [9.17, 15) is 4.79 Å². The van der Waals surface area contributed by atoms with Gasteiger partial charge in [0.1, 0.15) is 6.10 Å². The second-order valence-electron chi connectivity index (χ2n) is 6.17. The number of benzene rings is 1. The van der Waals surface area contributed by atoms with E-state index in [1.165, 1.54) is 11.3 Å². The van der Waals surface area contributed by atoms with Crippen molar-refractivity contribution >= 4 is 38.5 Å². The molecule has 25 heavy (non-hydrogen) atoms. The summed E-state index contributed by atoms with van der Waals surface area (Å²) < 4.78 is 6.38. The molecule has 7 heteroatoms. The van der Waals surface area contributed by atoms with Crippen LogP contribution in [0.25, 0.3) is 21.3 Å². The van der Waals surface area contributed by atoms with Crippen LogP contribution < -0.4 is 11.1 Å². The third-order valence-electron chi connectivity index (χ3n) is 4.39. The molecular formula is C18H18N4O2S. The van der Waals surface area contributed by atoms with Crippen LogP contribution in [0.3, 0.4) is 0 Å². The molecule has 0 unspecified atom stereocenters. The molecule has 4 rings (SSSR count). The molecule has 1 fully saturated rings. The zero-order chi connectivity index (χ0) is 17.4. The second-order valence-corrected chi connectivity index (χ2v) is 7.24. The number of nitrogen functional groups attached to an aromatic ring is 1. The van der Waals surface area contributed by atoms with Gasteiger partial charge in [0.05, 0.1) is 21.6 Å². The Bertz CT molecular complexity index is 949. The molecule has 2 heterocycles. The molecule has 1 saturated carbocycles. The Balaban J connectivity index is 1.59. The topological polar surface area (TPSA) is 90.1 Å². The van der Waals surface area contributed by atoms with Gasteiger partial charge in [-0.2, -0.15) is 0 Å². The van der Waals surface area contributed by atoms with Crippen molar-refractivity contribution in [2.24, 2.45) is 0 Å². The van der Waals surface area contributed by atoms with Gasteiger partial charge in [-0.05, 0) is 49.9 Å². The van der Waals surface area contributed by atoms with Gasteiger partial charge >= 0.3 is 6.09 Å². The summed E-state index contributed by atoms with van der Waals surface area (Å²) >= 11 is 1.45. The van der Waals surface area contributed by atoms with E-state index in [1.807, 2.05) is 31.2 Å². The number of ether oxygens (including phenoxy) is 1. The molecule has 0 aliphatic heterocycles. The molecule has 128 valence electrons. The average Bonchev–Trinajstić information content (AvgIpc) is 2.92. The maximum Gasteiger partial charge on any atom is 0.411 e. The lowest BCUT2D eigenvalue weighted by molar-refractivity contribution is 0.0624. The minimum Gasteiger partial charge on any atom is -0.446 e. The standard InChI is InChI=1S/C18H18N4O2S/c1-10-15(22-18(23)24-13-3-2-4-13)7-12(9-20-10)11-5-6-14-16(8-11)25-17(19)21-14/h5-9,13H,2-4H2,1H3,(H2,19,21)(H,22,23). The van der Waals surface area contributed by atoms with Gasteiger partial charge < -0.3 is 10.5 Å². The number of anilines is 2. The van der Waals surface area contributed by atoms with E-state index >= 15 is 0 Å². The number of fused-ring (bicyclic) bond motifs is 1. The highest BCUT2D eigenvalue weighted by Gasteiger charge is 2.22. The molecule has 3 aromatic rings. The van der Waals surface area contributed by atoms with Crippen LogP contribution in [0.4, 0.5) is 15.6 Å². The fourth-order valence-electron chi connectivity index (χ4n) is 2.72. The number of thiazole rings is 1. The zero-order valence-electron chi connectivity index (χ0n) is 13.8. The summed E-state index contributed by atoms with van der Waals surface area (Å²) in [5.41, 5.74) is 9.97. The molecule has 1 aliphatic carbocycles. The Morgan fingerprint density at radius 1 is 1.32 bits per heavy atom. The lowest BCUT2D eigenvalue weighted by Gasteiger charge is -2.25. The van der Waals surface area contributed by atoms with E-state index in [4.69, 9.17) is 10.5 Å². The van der Waals surface area contributed by atoms with Gasteiger partial charge in [-0.15, -0.1) is 0 Å². The summed E-state index contributed by atoms with van der Waals surface area (Å²) in [6, 6.07) is 7.86. The largest absolute Gasteiger partial charge is 0.446 e. The summed E-state index contributed by atoms with van der Waals surface area (Å²) in [7, 11) is 0. The molecule has 0 radical (unpaired) electrons. The molecule has 0 spiro atoms. The third kappa shape index (κ3) is 3.28. The van der Waals surface area contributed by atoms with Gasteiger partial charge in [0, 0.05) is 11.8 Å². The van der Waals surface area contributed by atoms with E-state index in [2.05, 4.69) is 15.3 Å². The van der Waals surface area contributed by atoms with E-state index in [1.54, 1.807) is 6.20 Å². The molecule has 0 bridgehead atoms.